The molecule has 12 heteroatoms. The Morgan fingerprint density at radius 1 is 1.22 bits per heavy atom. The first-order valence-corrected chi connectivity index (χ1v) is 13.1. The summed E-state index contributed by atoms with van der Waals surface area (Å²) in [5, 5.41) is 13.7. The number of nitrogens with one attached hydrogen (secondary N) is 2. The third kappa shape index (κ3) is 5.51. The Morgan fingerprint density at radius 2 is 1.97 bits per heavy atom. The van der Waals surface area contributed by atoms with E-state index >= 15 is 0 Å². The van der Waals surface area contributed by atoms with Crippen LogP contribution in [0.5, 0.6) is 5.75 Å². The number of alkyl halides is 3. The molecule has 2 aliphatic heterocycles. The summed E-state index contributed by atoms with van der Waals surface area (Å²) in [7, 11) is 1.68. The van der Waals surface area contributed by atoms with E-state index in [9.17, 15) is 18.0 Å². The topological polar surface area (TPSA) is 84.3 Å². The molecule has 1 unspecified atom stereocenters. The van der Waals surface area contributed by atoms with Crippen LogP contribution in [0.3, 0.4) is 0 Å². The van der Waals surface area contributed by atoms with Crippen molar-refractivity contribution in [3.8, 4) is 5.75 Å². The number of carbonyl (C=O) groups is 1. The van der Waals surface area contributed by atoms with E-state index in [-0.39, 0.29) is 24.5 Å². The summed E-state index contributed by atoms with van der Waals surface area (Å²) in [5.74, 6) is 0.894. The second-order valence-corrected chi connectivity index (χ2v) is 10.3. The highest BCUT2D eigenvalue weighted by molar-refractivity contribution is 7.09. The Kier molecular flexibility index (Phi) is 7.24. The number of fused-ring (bicyclic) bond motifs is 1. The molecular formula is C25H29F3N6O2S. The van der Waals surface area contributed by atoms with Crippen LogP contribution in [0, 0.1) is 6.92 Å². The van der Waals surface area contributed by atoms with E-state index < -0.39 is 11.9 Å². The summed E-state index contributed by atoms with van der Waals surface area (Å²) in [6.45, 7) is 3.79. The van der Waals surface area contributed by atoms with E-state index in [4.69, 9.17) is 9.72 Å². The molecule has 4 heterocycles. The average Bonchev–Trinajstić information content (AvgIpc) is 3.45. The maximum Gasteiger partial charge on any atom is 0.435 e. The van der Waals surface area contributed by atoms with E-state index in [0.717, 1.165) is 45.6 Å². The summed E-state index contributed by atoms with van der Waals surface area (Å²) >= 11 is 1.63. The highest BCUT2D eigenvalue weighted by atomic mass is 32.1. The number of likely N-dealkylation sites (tertiary alicyclic amines) is 1. The van der Waals surface area contributed by atoms with Gasteiger partial charge in [0.05, 0.1) is 17.8 Å². The minimum atomic E-state index is -4.53. The van der Waals surface area contributed by atoms with Gasteiger partial charge in [-0.05, 0) is 37.5 Å². The summed E-state index contributed by atoms with van der Waals surface area (Å²) in [6, 6.07) is 7.02. The standard InChI is InChI=1S/C25H29F3N6O2S/c1-15-10-21(25(26,27)28)32-34(15)13-22(35)33-8-6-16(7-9-33)24-31-19(14-37-24)23-29-11-17-4-3-5-20(36-2)18(17)12-30-23/h3-5,10,14,16,23,29-30H,6-9,11-13H2,1-2H3. The van der Waals surface area contributed by atoms with Crippen LogP contribution in [0.25, 0.3) is 0 Å². The minimum absolute atomic E-state index is 0.0809. The number of benzene rings is 1. The van der Waals surface area contributed by atoms with Crippen molar-refractivity contribution in [1.29, 1.82) is 0 Å². The third-order valence-corrected chi connectivity index (χ3v) is 8.04. The van der Waals surface area contributed by atoms with Crippen LogP contribution in [0.4, 0.5) is 13.2 Å². The molecule has 1 aromatic carbocycles. The van der Waals surface area contributed by atoms with Crippen LogP contribution >= 0.6 is 11.3 Å². The first-order valence-electron chi connectivity index (χ1n) is 12.2. The van der Waals surface area contributed by atoms with Gasteiger partial charge >= 0.3 is 6.18 Å². The Bertz CT molecular complexity index is 1270. The second-order valence-electron chi connectivity index (χ2n) is 9.38. The molecule has 1 saturated heterocycles. The molecule has 1 amide bonds. The molecule has 0 spiro atoms. The fourth-order valence-electron chi connectivity index (χ4n) is 4.90. The zero-order valence-electron chi connectivity index (χ0n) is 20.6. The molecule has 2 N–H and O–H groups in total. The Balaban J connectivity index is 1.16. The molecule has 1 atom stereocenters. The number of rotatable bonds is 5. The number of methoxy groups -OCH3 is 1. The average molecular weight is 535 g/mol. The molecular weight excluding hydrogens is 505 g/mol. The van der Waals surface area contributed by atoms with E-state index in [1.807, 2.05) is 12.1 Å². The molecule has 2 aromatic heterocycles. The minimum Gasteiger partial charge on any atom is -0.496 e. The van der Waals surface area contributed by atoms with Crippen molar-refractivity contribution in [3.05, 3.63) is 62.9 Å². The Labute approximate surface area is 216 Å². The highest BCUT2D eigenvalue weighted by Gasteiger charge is 2.35. The first-order chi connectivity index (χ1) is 17.7. The lowest BCUT2D eigenvalue weighted by Crippen LogP contribution is -2.40. The highest BCUT2D eigenvalue weighted by Crippen LogP contribution is 2.33. The SMILES string of the molecule is COc1cccc2c1CNC(c1csc(C3CCN(C(=O)Cn4nc(C(F)(F)F)cc4C)CC3)n1)NC2. The summed E-state index contributed by atoms with van der Waals surface area (Å²) in [4.78, 5) is 19.4. The number of aryl methyl sites for hydroxylation is 1. The zero-order valence-corrected chi connectivity index (χ0v) is 21.5. The van der Waals surface area contributed by atoms with Gasteiger partial charge in [0.25, 0.3) is 0 Å². The second kappa shape index (κ2) is 10.4. The lowest BCUT2D eigenvalue weighted by molar-refractivity contribution is -0.142. The molecule has 37 heavy (non-hydrogen) atoms. The van der Waals surface area contributed by atoms with Gasteiger partial charge in [0.1, 0.15) is 18.5 Å². The van der Waals surface area contributed by atoms with Crippen molar-refractivity contribution in [1.82, 2.24) is 30.3 Å². The van der Waals surface area contributed by atoms with Gasteiger partial charge in [-0.1, -0.05) is 12.1 Å². The molecule has 2 aliphatic rings. The number of hydrogen-bond acceptors (Lipinski definition) is 7. The lowest BCUT2D eigenvalue weighted by Gasteiger charge is -2.31. The van der Waals surface area contributed by atoms with Crippen LogP contribution < -0.4 is 15.4 Å². The van der Waals surface area contributed by atoms with Gasteiger partial charge in [-0.25, -0.2) is 4.98 Å². The molecule has 3 aromatic rings. The van der Waals surface area contributed by atoms with Gasteiger partial charge in [0, 0.05) is 48.7 Å². The Hall–Kier alpha value is -2.96. The fraction of sp³-hybridized carbons (Fsp3) is 0.480. The number of ether oxygens (including phenoxy) is 1. The number of thiazole rings is 1. The van der Waals surface area contributed by atoms with Crippen molar-refractivity contribution < 1.29 is 22.7 Å². The van der Waals surface area contributed by atoms with Crippen LogP contribution in [-0.2, 0) is 30.6 Å². The van der Waals surface area contributed by atoms with Gasteiger partial charge in [-0.15, -0.1) is 11.3 Å². The Morgan fingerprint density at radius 3 is 2.68 bits per heavy atom. The fourth-order valence-corrected chi connectivity index (χ4v) is 5.92. The zero-order chi connectivity index (χ0) is 26.2. The largest absolute Gasteiger partial charge is 0.496 e. The van der Waals surface area contributed by atoms with Crippen molar-refractivity contribution in [2.75, 3.05) is 20.2 Å². The number of aromatic nitrogens is 3. The first kappa shape index (κ1) is 25.7. The number of halogens is 3. The van der Waals surface area contributed by atoms with E-state index in [2.05, 4.69) is 27.2 Å². The maximum atomic E-state index is 12.9. The summed E-state index contributed by atoms with van der Waals surface area (Å²) in [5.41, 5.74) is 2.62. The molecule has 8 nitrogen and oxygen atoms in total. The lowest BCUT2D eigenvalue weighted by atomic mass is 9.97. The van der Waals surface area contributed by atoms with Crippen molar-refractivity contribution in [3.63, 3.8) is 0 Å². The van der Waals surface area contributed by atoms with Crippen molar-refractivity contribution in [2.45, 2.75) is 57.7 Å². The predicted octanol–water partition coefficient (Wildman–Crippen LogP) is 3.97. The van der Waals surface area contributed by atoms with Crippen LogP contribution in [-0.4, -0.2) is 45.8 Å². The van der Waals surface area contributed by atoms with Gasteiger partial charge in [-0.3, -0.25) is 20.1 Å². The summed E-state index contributed by atoms with van der Waals surface area (Å²) < 4.78 is 45.4. The number of carbonyl (C=O) groups excluding carboxylic acids is 1. The number of amides is 1. The molecule has 0 radical (unpaired) electrons. The molecule has 1 fully saturated rings. The van der Waals surface area contributed by atoms with Crippen LogP contribution in [0.15, 0.2) is 29.6 Å². The third-order valence-electron chi connectivity index (χ3n) is 7.02. The van der Waals surface area contributed by atoms with Gasteiger partial charge < -0.3 is 9.64 Å². The van der Waals surface area contributed by atoms with Gasteiger partial charge in [0.15, 0.2) is 5.69 Å². The predicted molar refractivity (Wildman–Crippen MR) is 132 cm³/mol. The summed E-state index contributed by atoms with van der Waals surface area (Å²) in [6.07, 6.45) is -3.08. The van der Waals surface area contributed by atoms with Crippen molar-refractivity contribution in [2.24, 2.45) is 0 Å². The van der Waals surface area contributed by atoms with Crippen LogP contribution in [0.2, 0.25) is 0 Å². The number of piperidine rings is 1. The molecule has 5 rings (SSSR count). The van der Waals surface area contributed by atoms with E-state index in [1.54, 1.807) is 23.3 Å². The van der Waals surface area contributed by atoms with E-state index in [1.165, 1.54) is 12.5 Å². The van der Waals surface area contributed by atoms with Crippen molar-refractivity contribution >= 4 is 17.2 Å². The smallest absolute Gasteiger partial charge is 0.435 e. The quantitative estimate of drug-likeness (QED) is 0.516. The monoisotopic (exact) mass is 534 g/mol. The molecule has 0 saturated carbocycles. The van der Waals surface area contributed by atoms with E-state index in [0.29, 0.717) is 31.9 Å². The van der Waals surface area contributed by atoms with Crippen LogP contribution in [0.1, 0.15) is 58.1 Å². The number of nitrogens with zero attached hydrogens (tertiary/aromatic N) is 4. The molecule has 0 aliphatic carbocycles. The normalized spacial score (nSPS) is 18.9. The van der Waals surface area contributed by atoms with Gasteiger partial charge in [-0.2, -0.15) is 18.3 Å². The maximum absolute atomic E-state index is 12.9. The van der Waals surface area contributed by atoms with Gasteiger partial charge in [0.2, 0.25) is 5.91 Å². The number of hydrogen-bond donors (Lipinski definition) is 2. The molecule has 0 bridgehead atoms. The molecule has 198 valence electrons.